The molecular formula is C25H30ClN3O5. The molecule has 1 unspecified atom stereocenters. The van der Waals surface area contributed by atoms with Crippen LogP contribution in [0.25, 0.3) is 0 Å². The van der Waals surface area contributed by atoms with Crippen LogP contribution in [-0.4, -0.2) is 57.2 Å². The van der Waals surface area contributed by atoms with Crippen LogP contribution in [0.2, 0.25) is 5.02 Å². The van der Waals surface area contributed by atoms with Crippen molar-refractivity contribution < 1.29 is 23.9 Å². The van der Waals surface area contributed by atoms with Gasteiger partial charge >= 0.3 is 0 Å². The zero-order chi connectivity index (χ0) is 24.3. The van der Waals surface area contributed by atoms with Crippen LogP contribution in [0.1, 0.15) is 36.0 Å². The molecule has 2 aromatic carbocycles. The van der Waals surface area contributed by atoms with Crippen molar-refractivity contribution in [3.05, 3.63) is 59.1 Å². The second-order valence-corrected chi connectivity index (χ2v) is 8.48. The molecule has 1 aliphatic heterocycles. The molecule has 34 heavy (non-hydrogen) atoms. The number of anilines is 2. The molecule has 9 heteroatoms. The first-order chi connectivity index (χ1) is 16.5. The highest BCUT2D eigenvalue weighted by molar-refractivity contribution is 6.30. The third kappa shape index (κ3) is 7.83. The Morgan fingerprint density at radius 2 is 1.79 bits per heavy atom. The summed E-state index contributed by atoms with van der Waals surface area (Å²) in [5, 5.41) is 6.25. The van der Waals surface area contributed by atoms with Crippen molar-refractivity contribution in [2.75, 3.05) is 43.7 Å². The van der Waals surface area contributed by atoms with E-state index in [9.17, 15) is 14.4 Å². The van der Waals surface area contributed by atoms with Gasteiger partial charge < -0.3 is 25.0 Å². The molecule has 3 rings (SSSR count). The summed E-state index contributed by atoms with van der Waals surface area (Å²) in [5.41, 5.74) is 1.83. The fraction of sp³-hybridized carbons (Fsp3) is 0.400. The lowest BCUT2D eigenvalue weighted by atomic mass is 10.1. The van der Waals surface area contributed by atoms with Gasteiger partial charge in [0.2, 0.25) is 11.8 Å². The van der Waals surface area contributed by atoms with E-state index >= 15 is 0 Å². The smallest absolute Gasteiger partial charge is 0.251 e. The number of piperidine rings is 1. The van der Waals surface area contributed by atoms with Crippen LogP contribution in [0.5, 0.6) is 0 Å². The average molecular weight is 488 g/mol. The van der Waals surface area contributed by atoms with E-state index in [0.29, 0.717) is 42.5 Å². The van der Waals surface area contributed by atoms with Crippen molar-refractivity contribution in [3.8, 4) is 0 Å². The minimum Gasteiger partial charge on any atom is -0.382 e. The first-order valence-corrected chi connectivity index (χ1v) is 11.7. The largest absolute Gasteiger partial charge is 0.382 e. The number of methoxy groups -OCH3 is 1. The number of nitrogens with zero attached hydrogens (tertiary/aromatic N) is 1. The van der Waals surface area contributed by atoms with E-state index < -0.39 is 6.04 Å². The van der Waals surface area contributed by atoms with Crippen LogP contribution in [-0.2, 0) is 19.1 Å². The van der Waals surface area contributed by atoms with Gasteiger partial charge in [-0.05, 0) is 61.4 Å². The van der Waals surface area contributed by atoms with Crippen LogP contribution in [0.15, 0.2) is 48.5 Å². The molecule has 1 saturated heterocycles. The van der Waals surface area contributed by atoms with E-state index in [2.05, 4.69) is 10.6 Å². The van der Waals surface area contributed by atoms with Gasteiger partial charge in [-0.15, -0.1) is 0 Å². The van der Waals surface area contributed by atoms with Crippen molar-refractivity contribution >= 4 is 40.7 Å². The topological polar surface area (TPSA) is 97.0 Å². The molecular weight excluding hydrogens is 458 g/mol. The zero-order valence-electron chi connectivity index (χ0n) is 19.2. The maximum Gasteiger partial charge on any atom is 0.251 e. The summed E-state index contributed by atoms with van der Waals surface area (Å²) in [6.45, 7) is 1.60. The number of nitrogens with one attached hydrogen (secondary N) is 2. The van der Waals surface area contributed by atoms with Crippen molar-refractivity contribution in [2.24, 2.45) is 0 Å². The van der Waals surface area contributed by atoms with Gasteiger partial charge in [0.1, 0.15) is 0 Å². The van der Waals surface area contributed by atoms with Gasteiger partial charge in [-0.3, -0.25) is 14.4 Å². The summed E-state index contributed by atoms with van der Waals surface area (Å²) >= 11 is 5.89. The Morgan fingerprint density at radius 3 is 2.47 bits per heavy atom. The quantitative estimate of drug-likeness (QED) is 0.471. The Kier molecular flexibility index (Phi) is 9.88. The summed E-state index contributed by atoms with van der Waals surface area (Å²) in [5.74, 6) is -0.485. The van der Waals surface area contributed by atoms with Crippen LogP contribution >= 0.6 is 11.6 Å². The molecule has 1 aliphatic rings. The summed E-state index contributed by atoms with van der Waals surface area (Å²) < 4.78 is 10.6. The monoisotopic (exact) mass is 487 g/mol. The lowest BCUT2D eigenvalue weighted by Gasteiger charge is -2.27. The molecule has 2 N–H and O–H groups in total. The molecule has 0 aliphatic carbocycles. The molecule has 3 amide bonds. The molecule has 2 aromatic rings. The second-order valence-electron chi connectivity index (χ2n) is 8.05. The highest BCUT2D eigenvalue weighted by Crippen LogP contribution is 2.21. The molecule has 1 fully saturated rings. The molecule has 0 bridgehead atoms. The lowest BCUT2D eigenvalue weighted by Crippen LogP contribution is -2.41. The SMILES string of the molecule is COCCOCC(CC(=O)Nc1ccc(Cl)cc1)NC(=O)c1ccc(N2CCCCC2=O)cc1. The lowest BCUT2D eigenvalue weighted by molar-refractivity contribution is -0.119. The third-order valence-electron chi connectivity index (χ3n) is 5.41. The van der Waals surface area contributed by atoms with Crippen LogP contribution < -0.4 is 15.5 Å². The predicted octanol–water partition coefficient (Wildman–Crippen LogP) is 3.65. The number of hydrogen-bond acceptors (Lipinski definition) is 5. The van der Waals surface area contributed by atoms with Gasteiger partial charge in [-0.1, -0.05) is 11.6 Å². The zero-order valence-corrected chi connectivity index (χ0v) is 20.0. The number of carbonyl (C=O) groups excluding carboxylic acids is 3. The summed E-state index contributed by atoms with van der Waals surface area (Å²) in [4.78, 5) is 39.3. The van der Waals surface area contributed by atoms with Crippen LogP contribution in [0, 0.1) is 0 Å². The summed E-state index contributed by atoms with van der Waals surface area (Å²) in [7, 11) is 1.57. The Morgan fingerprint density at radius 1 is 1.06 bits per heavy atom. The van der Waals surface area contributed by atoms with Crippen LogP contribution in [0.4, 0.5) is 11.4 Å². The standard InChI is InChI=1S/C25H30ClN3O5/c1-33-14-15-34-17-21(16-23(30)27-20-9-7-19(26)8-10-20)28-25(32)18-5-11-22(12-6-18)29-13-3-2-4-24(29)31/h5-12,21H,2-4,13-17H2,1H3,(H,27,30)(H,28,32). The number of hydrogen-bond donors (Lipinski definition) is 2. The summed E-state index contributed by atoms with van der Waals surface area (Å²) in [6.07, 6.45) is 2.46. The average Bonchev–Trinajstić information content (AvgIpc) is 2.83. The highest BCUT2D eigenvalue weighted by atomic mass is 35.5. The first-order valence-electron chi connectivity index (χ1n) is 11.3. The number of halogens is 1. The Balaban J connectivity index is 1.60. The van der Waals surface area contributed by atoms with E-state index in [1.54, 1.807) is 60.5 Å². The maximum absolute atomic E-state index is 12.9. The predicted molar refractivity (Wildman–Crippen MR) is 131 cm³/mol. The van der Waals surface area contributed by atoms with E-state index in [-0.39, 0.29) is 30.7 Å². The molecule has 0 radical (unpaired) electrons. The van der Waals surface area contributed by atoms with E-state index in [1.807, 2.05) is 0 Å². The normalized spacial score (nSPS) is 14.5. The van der Waals surface area contributed by atoms with Crippen molar-refractivity contribution in [3.63, 3.8) is 0 Å². The Hall–Kier alpha value is -2.94. The van der Waals surface area contributed by atoms with Gasteiger partial charge in [0.15, 0.2) is 0 Å². The van der Waals surface area contributed by atoms with Crippen LogP contribution in [0.3, 0.4) is 0 Å². The van der Waals surface area contributed by atoms with Gasteiger partial charge in [0.05, 0.1) is 25.9 Å². The molecule has 182 valence electrons. The van der Waals surface area contributed by atoms with Gasteiger partial charge in [0, 0.05) is 48.5 Å². The van der Waals surface area contributed by atoms with Crippen molar-refractivity contribution in [1.29, 1.82) is 0 Å². The minimum absolute atomic E-state index is 0.0295. The third-order valence-corrected chi connectivity index (χ3v) is 5.66. The molecule has 0 spiro atoms. The molecule has 1 heterocycles. The van der Waals surface area contributed by atoms with Crippen molar-refractivity contribution in [2.45, 2.75) is 31.7 Å². The molecule has 0 saturated carbocycles. The van der Waals surface area contributed by atoms with E-state index in [1.165, 1.54) is 0 Å². The second kappa shape index (κ2) is 13.1. The van der Waals surface area contributed by atoms with E-state index in [4.69, 9.17) is 21.1 Å². The summed E-state index contributed by atoms with van der Waals surface area (Å²) in [6, 6.07) is 13.2. The number of carbonyl (C=O) groups is 3. The fourth-order valence-electron chi connectivity index (χ4n) is 3.63. The van der Waals surface area contributed by atoms with Gasteiger partial charge in [0.25, 0.3) is 5.91 Å². The Bertz CT molecular complexity index is 966. The van der Waals surface area contributed by atoms with Gasteiger partial charge in [-0.25, -0.2) is 0 Å². The first kappa shape index (κ1) is 25.7. The fourth-order valence-corrected chi connectivity index (χ4v) is 3.75. The molecule has 0 aromatic heterocycles. The maximum atomic E-state index is 12.9. The van der Waals surface area contributed by atoms with Gasteiger partial charge in [-0.2, -0.15) is 0 Å². The number of rotatable bonds is 11. The highest BCUT2D eigenvalue weighted by Gasteiger charge is 2.21. The molecule has 8 nitrogen and oxygen atoms in total. The number of amides is 3. The number of benzene rings is 2. The van der Waals surface area contributed by atoms with E-state index in [0.717, 1.165) is 18.5 Å². The van der Waals surface area contributed by atoms with Crippen molar-refractivity contribution in [1.82, 2.24) is 5.32 Å². The number of ether oxygens (including phenoxy) is 2. The molecule has 1 atom stereocenters. The Labute approximate surface area is 204 Å². The minimum atomic E-state index is -0.542.